The predicted octanol–water partition coefficient (Wildman–Crippen LogP) is 1.06. The molecule has 4 nitrogen and oxygen atoms in total. The van der Waals surface area contributed by atoms with Gasteiger partial charge in [0.25, 0.3) is 0 Å². The van der Waals surface area contributed by atoms with Crippen molar-refractivity contribution in [1.29, 1.82) is 0 Å². The molecule has 2 atom stereocenters. The first-order chi connectivity index (χ1) is 7.76. The van der Waals surface area contributed by atoms with Crippen LogP contribution < -0.4 is 5.32 Å². The normalized spacial score (nSPS) is 26.1. The van der Waals surface area contributed by atoms with Crippen LogP contribution in [0.2, 0.25) is 0 Å². The Labute approximate surface area is 97.1 Å². The van der Waals surface area contributed by atoms with Gasteiger partial charge < -0.3 is 10.2 Å². The number of carbonyl (C=O) groups excluding carboxylic acids is 2. The highest BCUT2D eigenvalue weighted by molar-refractivity contribution is 5.96. The molecular weight excluding hydrogens is 237 g/mol. The Morgan fingerprint density at radius 1 is 1.35 bits per heavy atom. The third-order valence-corrected chi connectivity index (χ3v) is 2.60. The van der Waals surface area contributed by atoms with Crippen LogP contribution in [0.1, 0.15) is 26.7 Å². The van der Waals surface area contributed by atoms with Gasteiger partial charge >= 0.3 is 6.18 Å². The Hall–Kier alpha value is -1.27. The molecular formula is C10H15F3N2O2. The first kappa shape index (κ1) is 13.8. The van der Waals surface area contributed by atoms with Crippen molar-refractivity contribution in [3.8, 4) is 0 Å². The third-order valence-electron chi connectivity index (χ3n) is 2.60. The summed E-state index contributed by atoms with van der Waals surface area (Å²) in [5, 5.41) is 2.38. The molecule has 1 saturated heterocycles. The van der Waals surface area contributed by atoms with E-state index in [1.807, 2.05) is 0 Å². The molecule has 1 N–H and O–H groups in total. The van der Waals surface area contributed by atoms with E-state index in [4.69, 9.17) is 0 Å². The van der Waals surface area contributed by atoms with Crippen LogP contribution in [0.4, 0.5) is 13.2 Å². The summed E-state index contributed by atoms with van der Waals surface area (Å²) in [5.41, 5.74) is 0. The summed E-state index contributed by atoms with van der Waals surface area (Å²) >= 11 is 0. The van der Waals surface area contributed by atoms with Crippen LogP contribution in [0.5, 0.6) is 0 Å². The molecule has 98 valence electrons. The Morgan fingerprint density at radius 3 is 2.41 bits per heavy atom. The highest BCUT2D eigenvalue weighted by Crippen LogP contribution is 2.22. The zero-order valence-electron chi connectivity index (χ0n) is 9.67. The fourth-order valence-corrected chi connectivity index (χ4v) is 1.86. The van der Waals surface area contributed by atoms with Gasteiger partial charge in [-0.05, 0) is 13.3 Å². The topological polar surface area (TPSA) is 49.4 Å². The van der Waals surface area contributed by atoms with Gasteiger partial charge in [0.1, 0.15) is 18.6 Å². The monoisotopic (exact) mass is 252 g/mol. The second-order valence-corrected chi connectivity index (χ2v) is 4.12. The summed E-state index contributed by atoms with van der Waals surface area (Å²) in [5.74, 6) is -1.19. The van der Waals surface area contributed by atoms with E-state index in [1.165, 1.54) is 6.92 Å². The van der Waals surface area contributed by atoms with Crippen molar-refractivity contribution < 1.29 is 22.8 Å². The van der Waals surface area contributed by atoms with E-state index in [2.05, 4.69) is 5.32 Å². The number of hydrogen-bond donors (Lipinski definition) is 1. The van der Waals surface area contributed by atoms with Crippen molar-refractivity contribution in [3.63, 3.8) is 0 Å². The number of rotatable bonds is 3. The van der Waals surface area contributed by atoms with E-state index in [1.54, 1.807) is 6.92 Å². The van der Waals surface area contributed by atoms with Crippen LogP contribution in [0.3, 0.4) is 0 Å². The van der Waals surface area contributed by atoms with Gasteiger partial charge in [0, 0.05) is 0 Å². The predicted molar refractivity (Wildman–Crippen MR) is 54.1 cm³/mol. The summed E-state index contributed by atoms with van der Waals surface area (Å²) in [6, 6.07) is -1.90. The number of halogens is 3. The molecule has 0 aliphatic carbocycles. The van der Waals surface area contributed by atoms with Gasteiger partial charge in [-0.1, -0.05) is 13.3 Å². The molecule has 1 fully saturated rings. The quantitative estimate of drug-likeness (QED) is 0.816. The molecule has 0 radical (unpaired) electrons. The van der Waals surface area contributed by atoms with Gasteiger partial charge in [-0.3, -0.25) is 9.59 Å². The zero-order valence-corrected chi connectivity index (χ0v) is 9.67. The molecule has 1 aliphatic heterocycles. The number of amides is 2. The van der Waals surface area contributed by atoms with Crippen LogP contribution in [0.15, 0.2) is 0 Å². The van der Waals surface area contributed by atoms with Crippen LogP contribution in [-0.4, -0.2) is 41.5 Å². The Balaban J connectivity index is 2.90. The summed E-state index contributed by atoms with van der Waals surface area (Å²) in [6.45, 7) is 1.77. The number of hydrogen-bond acceptors (Lipinski definition) is 2. The highest BCUT2D eigenvalue weighted by atomic mass is 19.4. The third kappa shape index (κ3) is 3.34. The maximum Gasteiger partial charge on any atom is 0.406 e. The number of alkyl halides is 3. The largest absolute Gasteiger partial charge is 0.406 e. The standard InChI is InChI=1S/C10H15F3N2O2/c1-3-4-7-8(16)14-6(2)9(17)15(7)5-10(11,12)13/h6-7H,3-5H2,1-2H3,(H,14,16). The maximum atomic E-state index is 12.4. The van der Waals surface area contributed by atoms with Crippen molar-refractivity contribution in [2.24, 2.45) is 0 Å². The van der Waals surface area contributed by atoms with E-state index in [-0.39, 0.29) is 6.42 Å². The zero-order chi connectivity index (χ0) is 13.2. The summed E-state index contributed by atoms with van der Waals surface area (Å²) < 4.78 is 37.1. The average molecular weight is 252 g/mol. The van der Waals surface area contributed by atoms with Gasteiger partial charge in [0.15, 0.2) is 0 Å². The molecule has 0 aromatic heterocycles. The van der Waals surface area contributed by atoms with E-state index in [0.717, 1.165) is 0 Å². The minimum Gasteiger partial charge on any atom is -0.343 e. The molecule has 0 spiro atoms. The van der Waals surface area contributed by atoms with Crippen molar-refractivity contribution in [2.75, 3.05) is 6.54 Å². The fourth-order valence-electron chi connectivity index (χ4n) is 1.86. The van der Waals surface area contributed by atoms with Crippen molar-refractivity contribution >= 4 is 11.8 Å². The smallest absolute Gasteiger partial charge is 0.343 e. The van der Waals surface area contributed by atoms with Crippen molar-refractivity contribution in [2.45, 2.75) is 44.9 Å². The minimum atomic E-state index is -4.49. The van der Waals surface area contributed by atoms with E-state index >= 15 is 0 Å². The Morgan fingerprint density at radius 2 is 1.94 bits per heavy atom. The highest BCUT2D eigenvalue weighted by Gasteiger charge is 2.43. The van der Waals surface area contributed by atoms with Crippen LogP contribution in [0, 0.1) is 0 Å². The van der Waals surface area contributed by atoms with Gasteiger partial charge in [-0.2, -0.15) is 13.2 Å². The minimum absolute atomic E-state index is 0.236. The molecule has 2 unspecified atom stereocenters. The van der Waals surface area contributed by atoms with E-state index < -0.39 is 36.6 Å². The lowest BCUT2D eigenvalue weighted by Crippen LogP contribution is -2.63. The van der Waals surface area contributed by atoms with Crippen molar-refractivity contribution in [3.05, 3.63) is 0 Å². The molecule has 1 rings (SSSR count). The van der Waals surface area contributed by atoms with Crippen molar-refractivity contribution in [1.82, 2.24) is 10.2 Å². The second-order valence-electron chi connectivity index (χ2n) is 4.12. The Kier molecular flexibility index (Phi) is 4.00. The molecule has 0 saturated carbocycles. The fraction of sp³-hybridized carbons (Fsp3) is 0.800. The molecule has 0 aromatic rings. The number of nitrogens with zero attached hydrogens (tertiary/aromatic N) is 1. The lowest BCUT2D eigenvalue weighted by Gasteiger charge is -2.38. The summed E-state index contributed by atoms with van der Waals surface area (Å²) in [4.78, 5) is 23.8. The molecule has 7 heteroatoms. The second kappa shape index (κ2) is 4.93. The maximum absolute atomic E-state index is 12.4. The lowest BCUT2D eigenvalue weighted by atomic mass is 10.0. The van der Waals surface area contributed by atoms with Crippen LogP contribution >= 0.6 is 0 Å². The molecule has 1 aliphatic rings. The number of nitrogens with one attached hydrogen (secondary N) is 1. The van der Waals surface area contributed by atoms with Gasteiger partial charge in [0.05, 0.1) is 0 Å². The van der Waals surface area contributed by atoms with Crippen LogP contribution in [-0.2, 0) is 9.59 Å². The van der Waals surface area contributed by atoms with Crippen LogP contribution in [0.25, 0.3) is 0 Å². The molecule has 0 aromatic carbocycles. The summed E-state index contributed by atoms with van der Waals surface area (Å²) in [7, 11) is 0. The first-order valence-corrected chi connectivity index (χ1v) is 5.44. The lowest BCUT2D eigenvalue weighted by molar-refractivity contribution is -0.173. The average Bonchev–Trinajstić information content (AvgIpc) is 2.18. The molecule has 2 amide bonds. The van der Waals surface area contributed by atoms with E-state index in [0.29, 0.717) is 11.3 Å². The summed E-state index contributed by atoms with van der Waals surface area (Å²) in [6.07, 6.45) is -3.71. The van der Waals surface area contributed by atoms with Gasteiger partial charge in [-0.15, -0.1) is 0 Å². The molecule has 0 bridgehead atoms. The van der Waals surface area contributed by atoms with Gasteiger partial charge in [-0.25, -0.2) is 0 Å². The molecule has 1 heterocycles. The first-order valence-electron chi connectivity index (χ1n) is 5.44. The van der Waals surface area contributed by atoms with Gasteiger partial charge in [0.2, 0.25) is 11.8 Å². The number of piperazine rings is 1. The Bertz CT molecular complexity index is 317. The number of carbonyl (C=O) groups is 2. The molecule has 17 heavy (non-hydrogen) atoms. The van der Waals surface area contributed by atoms with E-state index in [9.17, 15) is 22.8 Å². The SMILES string of the molecule is CCCC1C(=O)NC(C)C(=O)N1CC(F)(F)F.